The van der Waals surface area contributed by atoms with Gasteiger partial charge in [0.1, 0.15) is 11.6 Å². The van der Waals surface area contributed by atoms with Gasteiger partial charge in [0.2, 0.25) is 0 Å². The largest absolute Gasteiger partial charge is 0.497 e. The number of hydrogen-bond donors (Lipinski definition) is 0. The number of ketones is 1. The minimum atomic E-state index is -0.405. The summed E-state index contributed by atoms with van der Waals surface area (Å²) in [5, 5.41) is 6.26. The molecule has 5 heteroatoms. The van der Waals surface area contributed by atoms with Gasteiger partial charge in [0.05, 0.1) is 29.2 Å². The molecule has 0 radical (unpaired) electrons. The Morgan fingerprint density at radius 2 is 1.59 bits per heavy atom. The van der Waals surface area contributed by atoms with E-state index in [1.54, 1.807) is 29.8 Å². The van der Waals surface area contributed by atoms with E-state index in [0.29, 0.717) is 33.3 Å². The second-order valence-electron chi connectivity index (χ2n) is 8.12. The van der Waals surface area contributed by atoms with Gasteiger partial charge in [0.25, 0.3) is 0 Å². The fourth-order valence-electron chi connectivity index (χ4n) is 4.61. The lowest BCUT2D eigenvalue weighted by Crippen LogP contribution is -2.04. The number of aromatic nitrogens is 2. The molecule has 0 amide bonds. The normalized spacial score (nSPS) is 11.4. The summed E-state index contributed by atoms with van der Waals surface area (Å²) >= 11 is 0. The minimum Gasteiger partial charge on any atom is -0.497 e. The summed E-state index contributed by atoms with van der Waals surface area (Å²) in [6, 6.07) is 29.1. The quantitative estimate of drug-likeness (QED) is 0.284. The monoisotopic (exact) mass is 446 g/mol. The zero-order chi connectivity index (χ0) is 23.2. The molecular formula is C29H19FN2O2. The van der Waals surface area contributed by atoms with E-state index in [1.807, 2.05) is 66.7 Å². The SMILES string of the molecule is COc1ccc2nn3c(c(-c4ccccc4)c2c1)c(C(=O)c1ccccc1)c1cc(F)ccc13. The van der Waals surface area contributed by atoms with Gasteiger partial charge >= 0.3 is 0 Å². The number of carbonyl (C=O) groups excluding carboxylic acids is 1. The van der Waals surface area contributed by atoms with Gasteiger partial charge in [-0.05, 0) is 42.0 Å². The Hall–Kier alpha value is -4.51. The summed E-state index contributed by atoms with van der Waals surface area (Å²) in [6.45, 7) is 0. The molecule has 0 atom stereocenters. The molecule has 4 nitrogen and oxygen atoms in total. The van der Waals surface area contributed by atoms with Crippen molar-refractivity contribution in [2.45, 2.75) is 0 Å². The molecule has 0 aliphatic rings. The van der Waals surface area contributed by atoms with E-state index in [4.69, 9.17) is 9.84 Å². The smallest absolute Gasteiger partial charge is 0.195 e. The molecule has 34 heavy (non-hydrogen) atoms. The van der Waals surface area contributed by atoms with Crippen LogP contribution in [0.3, 0.4) is 0 Å². The number of halogens is 1. The van der Waals surface area contributed by atoms with E-state index >= 15 is 0 Å². The Morgan fingerprint density at radius 3 is 2.32 bits per heavy atom. The van der Waals surface area contributed by atoms with Gasteiger partial charge in [-0.25, -0.2) is 8.91 Å². The molecule has 0 saturated heterocycles. The van der Waals surface area contributed by atoms with Crippen LogP contribution in [0.25, 0.3) is 38.4 Å². The second-order valence-corrected chi connectivity index (χ2v) is 8.12. The highest BCUT2D eigenvalue weighted by Gasteiger charge is 2.25. The third-order valence-corrected chi connectivity index (χ3v) is 6.15. The van der Waals surface area contributed by atoms with E-state index in [2.05, 4.69) is 0 Å². The Labute approximate surface area is 194 Å². The molecule has 0 saturated carbocycles. The highest BCUT2D eigenvalue weighted by atomic mass is 19.1. The first-order chi connectivity index (χ1) is 16.7. The van der Waals surface area contributed by atoms with E-state index < -0.39 is 5.82 Å². The second kappa shape index (κ2) is 7.81. The summed E-state index contributed by atoms with van der Waals surface area (Å²) < 4.78 is 21.7. The van der Waals surface area contributed by atoms with Crippen LogP contribution in [0, 0.1) is 5.82 Å². The van der Waals surface area contributed by atoms with Crippen molar-refractivity contribution in [3.05, 3.63) is 114 Å². The summed E-state index contributed by atoms with van der Waals surface area (Å²) in [4.78, 5) is 13.9. The van der Waals surface area contributed by atoms with Crippen LogP contribution in [0.4, 0.5) is 4.39 Å². The number of hydrogen-bond acceptors (Lipinski definition) is 3. The van der Waals surface area contributed by atoms with Crippen molar-refractivity contribution in [1.29, 1.82) is 0 Å². The lowest BCUT2D eigenvalue weighted by Gasteiger charge is -2.13. The van der Waals surface area contributed by atoms with Crippen LogP contribution in [-0.4, -0.2) is 22.5 Å². The van der Waals surface area contributed by atoms with Crippen molar-refractivity contribution in [1.82, 2.24) is 9.61 Å². The van der Waals surface area contributed by atoms with E-state index in [0.717, 1.165) is 22.0 Å². The zero-order valence-electron chi connectivity index (χ0n) is 18.3. The number of ether oxygens (including phenoxy) is 1. The van der Waals surface area contributed by atoms with Crippen LogP contribution < -0.4 is 4.74 Å². The average molecular weight is 446 g/mol. The first-order valence-corrected chi connectivity index (χ1v) is 10.9. The predicted octanol–water partition coefficient (Wildman–Crippen LogP) is 6.69. The number of carbonyl (C=O) groups is 1. The molecule has 6 aromatic rings. The van der Waals surface area contributed by atoms with Crippen LogP contribution in [0.5, 0.6) is 5.75 Å². The molecule has 2 aromatic heterocycles. The summed E-state index contributed by atoms with van der Waals surface area (Å²) in [5.74, 6) is 0.104. The third kappa shape index (κ3) is 3.05. The molecular weight excluding hydrogens is 427 g/mol. The maximum Gasteiger partial charge on any atom is 0.195 e. The molecule has 0 aliphatic heterocycles. The number of fused-ring (bicyclic) bond motifs is 4. The van der Waals surface area contributed by atoms with E-state index in [9.17, 15) is 9.18 Å². The fraction of sp³-hybridized carbons (Fsp3) is 0.0345. The Kier molecular flexibility index (Phi) is 4.62. The van der Waals surface area contributed by atoms with Crippen molar-refractivity contribution in [3.8, 4) is 16.9 Å². The van der Waals surface area contributed by atoms with Crippen molar-refractivity contribution in [3.63, 3.8) is 0 Å². The van der Waals surface area contributed by atoms with Crippen LogP contribution in [0.15, 0.2) is 97.1 Å². The molecule has 2 heterocycles. The molecule has 164 valence electrons. The molecule has 0 fully saturated rings. The zero-order valence-corrected chi connectivity index (χ0v) is 18.3. The molecule has 0 N–H and O–H groups in total. The standard InChI is InChI=1S/C29H19FN2O2/c1-34-21-13-14-24-22(17-21)26(18-8-4-2-5-9-18)28-27(29(33)19-10-6-3-7-11-19)23-16-20(30)12-15-25(23)32(28)31-24/h2-17H,1H3. The van der Waals surface area contributed by atoms with Crippen LogP contribution in [0.1, 0.15) is 15.9 Å². The highest BCUT2D eigenvalue weighted by molar-refractivity contribution is 6.25. The van der Waals surface area contributed by atoms with Gasteiger partial charge in [0, 0.05) is 21.9 Å². The van der Waals surface area contributed by atoms with Gasteiger partial charge in [0.15, 0.2) is 5.78 Å². The minimum absolute atomic E-state index is 0.181. The topological polar surface area (TPSA) is 43.6 Å². The van der Waals surface area contributed by atoms with Gasteiger partial charge < -0.3 is 4.74 Å². The van der Waals surface area contributed by atoms with E-state index in [-0.39, 0.29) is 5.78 Å². The maximum atomic E-state index is 14.5. The van der Waals surface area contributed by atoms with Crippen molar-refractivity contribution in [2.24, 2.45) is 0 Å². The van der Waals surface area contributed by atoms with Gasteiger partial charge in [-0.3, -0.25) is 4.79 Å². The van der Waals surface area contributed by atoms with Crippen molar-refractivity contribution in [2.75, 3.05) is 7.11 Å². The van der Waals surface area contributed by atoms with Crippen molar-refractivity contribution < 1.29 is 13.9 Å². The number of nitrogens with zero attached hydrogens (tertiary/aromatic N) is 2. The van der Waals surface area contributed by atoms with Crippen LogP contribution >= 0.6 is 0 Å². The molecule has 0 unspecified atom stereocenters. The lowest BCUT2D eigenvalue weighted by molar-refractivity contribution is 0.104. The average Bonchev–Trinajstić information content (AvgIpc) is 3.20. The number of methoxy groups -OCH3 is 1. The number of rotatable bonds is 4. The molecule has 0 aliphatic carbocycles. The summed E-state index contributed by atoms with van der Waals surface area (Å²) in [7, 11) is 1.62. The Balaban J connectivity index is 1.86. The predicted molar refractivity (Wildman–Crippen MR) is 132 cm³/mol. The molecule has 6 rings (SSSR count). The Morgan fingerprint density at radius 1 is 0.853 bits per heavy atom. The molecule has 0 spiro atoms. The fourth-order valence-corrected chi connectivity index (χ4v) is 4.61. The summed E-state index contributed by atoms with van der Waals surface area (Å²) in [5.41, 5.74) is 4.79. The van der Waals surface area contributed by atoms with Crippen LogP contribution in [-0.2, 0) is 0 Å². The van der Waals surface area contributed by atoms with Gasteiger partial charge in [-0.1, -0.05) is 60.7 Å². The lowest BCUT2D eigenvalue weighted by atomic mass is 9.95. The Bertz CT molecular complexity index is 1710. The third-order valence-electron chi connectivity index (χ3n) is 6.15. The first-order valence-electron chi connectivity index (χ1n) is 10.9. The maximum absolute atomic E-state index is 14.5. The van der Waals surface area contributed by atoms with E-state index in [1.165, 1.54) is 12.1 Å². The van der Waals surface area contributed by atoms with Gasteiger partial charge in [-0.2, -0.15) is 5.10 Å². The first kappa shape index (κ1) is 20.1. The highest BCUT2D eigenvalue weighted by Crippen LogP contribution is 2.40. The summed E-state index contributed by atoms with van der Waals surface area (Å²) in [6.07, 6.45) is 0. The molecule has 4 aromatic carbocycles. The van der Waals surface area contributed by atoms with Gasteiger partial charge in [-0.15, -0.1) is 0 Å². The van der Waals surface area contributed by atoms with Crippen molar-refractivity contribution >= 4 is 33.1 Å². The molecule has 0 bridgehead atoms. The van der Waals surface area contributed by atoms with Crippen LogP contribution in [0.2, 0.25) is 0 Å². The number of benzene rings is 4.